The first-order valence-corrected chi connectivity index (χ1v) is 17.5. The van der Waals surface area contributed by atoms with E-state index in [-0.39, 0.29) is 5.48 Å². The summed E-state index contributed by atoms with van der Waals surface area (Å²) < 4.78 is 0. The molecule has 28 heavy (non-hydrogen) atoms. The number of hydrogen-bond acceptors (Lipinski definition) is 0. The van der Waals surface area contributed by atoms with Crippen molar-refractivity contribution in [1.82, 2.24) is 0 Å². The zero-order valence-electron chi connectivity index (χ0n) is 20.3. The Morgan fingerprint density at radius 1 is 0.429 bits per heavy atom. The fourth-order valence-electron chi connectivity index (χ4n) is 4.26. The average Bonchev–Trinajstić information content (AvgIpc) is 2.69. The topological polar surface area (TPSA) is 31.5 Å². The lowest BCUT2D eigenvalue weighted by Crippen LogP contribution is -2.05. The van der Waals surface area contributed by atoms with Crippen molar-refractivity contribution in [2.45, 2.75) is 136 Å². The van der Waals surface area contributed by atoms with Crippen LogP contribution in [0.15, 0.2) is 0 Å². The summed E-state index contributed by atoms with van der Waals surface area (Å²) >= 11 is 0. The maximum atomic E-state index is 2.57. The van der Waals surface area contributed by atoms with Crippen LogP contribution in [0.4, 0.5) is 0 Å². The van der Waals surface area contributed by atoms with E-state index in [4.69, 9.17) is 0 Å². The molecule has 0 fully saturated rings. The Labute approximate surface area is 182 Å². The van der Waals surface area contributed by atoms with Gasteiger partial charge in [-0.05, 0) is 45.2 Å². The predicted octanol–water partition coefficient (Wildman–Crippen LogP) is 9.48. The average molecular weight is 436 g/mol. The molecule has 0 aliphatic carbocycles. The quantitative estimate of drug-likeness (QED) is 0.120. The molecule has 0 aliphatic rings. The summed E-state index contributed by atoms with van der Waals surface area (Å²) in [5.74, 6) is 0. The van der Waals surface area contributed by atoms with E-state index in [2.05, 4.69) is 27.4 Å². The molecule has 1 unspecified atom stereocenters. The molecule has 0 radical (unpaired) electrons. The summed E-state index contributed by atoms with van der Waals surface area (Å²) in [6.45, 7) is 8.94. The van der Waals surface area contributed by atoms with Crippen LogP contribution in [-0.2, 0) is 0 Å². The van der Waals surface area contributed by atoms with Crippen LogP contribution < -0.4 is 0 Å². The van der Waals surface area contributed by atoms with Crippen LogP contribution in [0.1, 0.15) is 136 Å². The Morgan fingerprint density at radius 2 is 0.679 bits per heavy atom. The van der Waals surface area contributed by atoms with Gasteiger partial charge in [0.1, 0.15) is 0 Å². The molecule has 1 nitrogen and oxygen atoms in total. The van der Waals surface area contributed by atoms with Gasteiger partial charge in [-0.15, -0.1) is 0 Å². The summed E-state index contributed by atoms with van der Waals surface area (Å²) in [5, 5.41) is 0. The van der Waals surface area contributed by atoms with Crippen molar-refractivity contribution < 1.29 is 5.48 Å². The van der Waals surface area contributed by atoms with Crippen LogP contribution >= 0.6 is 15.2 Å². The molecule has 3 heteroatoms. The SMILES string of the molecule is CCCCCCCC[P+](CCCCCCCC)(CCCCCCCC)PC.O. The van der Waals surface area contributed by atoms with E-state index in [1.165, 1.54) is 105 Å². The van der Waals surface area contributed by atoms with Crippen LogP contribution in [0.5, 0.6) is 0 Å². The second-order valence-electron chi connectivity index (χ2n) is 8.84. The van der Waals surface area contributed by atoms with Crippen molar-refractivity contribution in [3.63, 3.8) is 0 Å². The number of unbranched alkanes of at least 4 members (excludes halogenated alkanes) is 15. The summed E-state index contributed by atoms with van der Waals surface area (Å²) in [6, 6.07) is 0. The van der Waals surface area contributed by atoms with E-state index < -0.39 is 6.95 Å². The van der Waals surface area contributed by atoms with E-state index in [0.29, 0.717) is 0 Å². The zero-order chi connectivity index (χ0) is 20.1. The van der Waals surface area contributed by atoms with Gasteiger partial charge in [-0.1, -0.05) is 97.8 Å². The molecule has 0 aromatic heterocycles. The predicted molar refractivity (Wildman–Crippen MR) is 140 cm³/mol. The molecule has 0 spiro atoms. The molecule has 0 rings (SSSR count). The standard InChI is InChI=1S/C25H55P2.H2O/c1-5-8-11-14-17-20-23-27(26-4,24-21-18-15-12-9-6-2)25-22-19-16-13-10-7-3;/h26H,5-25H2,1-4H3;1H2/q+1;. The summed E-state index contributed by atoms with van der Waals surface area (Å²) in [5.41, 5.74) is 0. The Bertz CT molecular complexity index is 243. The molecule has 2 N–H and O–H groups in total. The smallest absolute Gasteiger partial charge is 0.0613 e. The Balaban J connectivity index is 0. The molecule has 0 saturated heterocycles. The van der Waals surface area contributed by atoms with Gasteiger partial charge in [-0.2, -0.15) is 0 Å². The van der Waals surface area contributed by atoms with E-state index >= 15 is 0 Å². The minimum absolute atomic E-state index is 0. The monoisotopic (exact) mass is 435 g/mol. The minimum atomic E-state index is -0.616. The normalized spacial score (nSPS) is 12.0. The van der Waals surface area contributed by atoms with Gasteiger partial charge in [0.05, 0.1) is 18.5 Å². The first-order chi connectivity index (χ1) is 13.2. The number of hydrogen-bond donors (Lipinski definition) is 0. The van der Waals surface area contributed by atoms with Crippen molar-refractivity contribution >= 4 is 15.2 Å². The highest BCUT2D eigenvalue weighted by Gasteiger charge is 2.33. The largest absolute Gasteiger partial charge is 0.412 e. The Morgan fingerprint density at radius 3 is 0.929 bits per heavy atom. The van der Waals surface area contributed by atoms with Gasteiger partial charge in [0.2, 0.25) is 0 Å². The summed E-state index contributed by atoms with van der Waals surface area (Å²) in [4.78, 5) is 0. The Hall–Kier alpha value is 0.820. The molecule has 0 aromatic carbocycles. The summed E-state index contributed by atoms with van der Waals surface area (Å²) in [6.07, 6.45) is 31.5. The lowest BCUT2D eigenvalue weighted by atomic mass is 10.1. The van der Waals surface area contributed by atoms with Gasteiger partial charge in [0.15, 0.2) is 0 Å². The van der Waals surface area contributed by atoms with E-state index in [9.17, 15) is 0 Å². The van der Waals surface area contributed by atoms with Gasteiger partial charge >= 0.3 is 0 Å². The van der Waals surface area contributed by atoms with Crippen LogP contribution in [0.2, 0.25) is 0 Å². The van der Waals surface area contributed by atoms with Crippen LogP contribution in [-0.4, -0.2) is 30.6 Å². The molecule has 0 aliphatic heterocycles. The molecule has 172 valence electrons. The molecular formula is C25H57OP2+. The molecular weight excluding hydrogens is 378 g/mol. The third kappa shape index (κ3) is 18.8. The van der Waals surface area contributed by atoms with Crippen molar-refractivity contribution in [3.8, 4) is 0 Å². The summed E-state index contributed by atoms with van der Waals surface area (Å²) in [7, 11) is 1.27. The van der Waals surface area contributed by atoms with Gasteiger partial charge < -0.3 is 5.48 Å². The van der Waals surface area contributed by atoms with Crippen molar-refractivity contribution in [2.24, 2.45) is 0 Å². The third-order valence-electron chi connectivity index (χ3n) is 6.29. The van der Waals surface area contributed by atoms with Crippen LogP contribution in [0.3, 0.4) is 0 Å². The van der Waals surface area contributed by atoms with Gasteiger partial charge in [-0.3, -0.25) is 0 Å². The Kier molecular flexibility index (Phi) is 26.7. The molecule has 1 atom stereocenters. The minimum Gasteiger partial charge on any atom is -0.412 e. The van der Waals surface area contributed by atoms with Crippen molar-refractivity contribution in [2.75, 3.05) is 25.2 Å². The van der Waals surface area contributed by atoms with Crippen molar-refractivity contribution in [1.29, 1.82) is 0 Å². The fraction of sp³-hybridized carbons (Fsp3) is 1.00. The second kappa shape index (κ2) is 24.1. The molecule has 0 bridgehead atoms. The molecule has 0 heterocycles. The maximum absolute atomic E-state index is 2.57. The van der Waals surface area contributed by atoms with Gasteiger partial charge in [0.25, 0.3) is 0 Å². The van der Waals surface area contributed by atoms with Crippen LogP contribution in [0, 0.1) is 0 Å². The molecule has 0 aromatic rings. The first kappa shape index (κ1) is 31.0. The highest BCUT2D eigenvalue weighted by molar-refractivity contribution is 8.31. The highest BCUT2D eigenvalue weighted by Crippen LogP contribution is 2.74. The molecule has 0 amide bonds. The van der Waals surface area contributed by atoms with Gasteiger partial charge in [-0.25, -0.2) is 0 Å². The molecule has 0 saturated carbocycles. The fourth-order valence-corrected chi connectivity index (χ4v) is 11.5. The second-order valence-corrected chi connectivity index (χ2v) is 17.1. The van der Waals surface area contributed by atoms with E-state index in [1.807, 2.05) is 0 Å². The highest BCUT2D eigenvalue weighted by atomic mass is 32.1. The van der Waals surface area contributed by atoms with Crippen LogP contribution in [0.25, 0.3) is 0 Å². The first-order valence-electron chi connectivity index (χ1n) is 12.8. The number of rotatable bonds is 22. The zero-order valence-corrected chi connectivity index (χ0v) is 22.2. The lowest BCUT2D eigenvalue weighted by Gasteiger charge is -2.26. The van der Waals surface area contributed by atoms with E-state index in [1.54, 1.807) is 37.7 Å². The van der Waals surface area contributed by atoms with E-state index in [0.717, 1.165) is 0 Å². The van der Waals surface area contributed by atoms with Crippen molar-refractivity contribution in [3.05, 3.63) is 0 Å². The maximum Gasteiger partial charge on any atom is 0.0613 e. The third-order valence-corrected chi connectivity index (χ3v) is 15.6. The van der Waals surface area contributed by atoms with Gasteiger partial charge in [0, 0.05) is 15.2 Å². The lowest BCUT2D eigenvalue weighted by molar-refractivity contribution is 0.617.